The maximum absolute atomic E-state index is 4.71. The predicted octanol–water partition coefficient (Wildman–Crippen LogP) is 4.80. The molecule has 0 aliphatic carbocycles. The minimum Gasteiger partial charge on any atom is -0.241 e. The Balaban J connectivity index is 2.52. The van der Waals surface area contributed by atoms with E-state index in [1.54, 1.807) is 0 Å². The Morgan fingerprint density at radius 3 is 2.53 bits per heavy atom. The summed E-state index contributed by atoms with van der Waals surface area (Å²) in [4.78, 5) is 6.11. The Bertz CT molecular complexity index is 511. The van der Waals surface area contributed by atoms with Gasteiger partial charge < -0.3 is 0 Å². The lowest BCUT2D eigenvalue weighted by Crippen LogP contribution is -1.91. The normalized spacial score (nSPS) is 11.1. The molecule has 0 amide bonds. The Morgan fingerprint density at radius 1 is 1.24 bits per heavy atom. The summed E-state index contributed by atoms with van der Waals surface area (Å²) in [5.74, 6) is 0.542. The van der Waals surface area contributed by atoms with Gasteiger partial charge in [0.1, 0.15) is 5.01 Å². The number of aryl methyl sites for hydroxylation is 2. The van der Waals surface area contributed by atoms with E-state index in [1.165, 1.54) is 26.7 Å². The van der Waals surface area contributed by atoms with E-state index in [0.717, 1.165) is 6.42 Å². The molecule has 1 aromatic carbocycles. The molecular weight excluding hydrogens is 226 g/mol. The first-order valence-corrected chi connectivity index (χ1v) is 7.00. The van der Waals surface area contributed by atoms with E-state index in [4.69, 9.17) is 4.98 Å². The van der Waals surface area contributed by atoms with Crippen molar-refractivity contribution < 1.29 is 0 Å². The fraction of sp³-hybridized carbons (Fsp3) is 0.400. The number of hydrogen-bond acceptors (Lipinski definition) is 2. The van der Waals surface area contributed by atoms with Crippen LogP contribution in [0.15, 0.2) is 24.3 Å². The number of nitrogens with zero attached hydrogens (tertiary/aromatic N) is 1. The van der Waals surface area contributed by atoms with Crippen molar-refractivity contribution >= 4 is 11.3 Å². The second-order valence-corrected chi connectivity index (χ2v) is 5.71. The van der Waals surface area contributed by atoms with Gasteiger partial charge in [0.15, 0.2) is 0 Å². The van der Waals surface area contributed by atoms with E-state index in [1.807, 2.05) is 11.3 Å². The number of thiazole rings is 1. The number of rotatable bonds is 3. The molecule has 2 heteroatoms. The van der Waals surface area contributed by atoms with Crippen molar-refractivity contribution in [2.45, 2.75) is 40.0 Å². The van der Waals surface area contributed by atoms with Gasteiger partial charge in [-0.1, -0.05) is 45.0 Å². The van der Waals surface area contributed by atoms with Crippen molar-refractivity contribution in [3.8, 4) is 10.6 Å². The molecule has 1 heterocycles. The van der Waals surface area contributed by atoms with Crippen LogP contribution in [0.2, 0.25) is 0 Å². The fourth-order valence-corrected chi connectivity index (χ4v) is 3.12. The third kappa shape index (κ3) is 2.42. The molecule has 0 unspecified atom stereocenters. The van der Waals surface area contributed by atoms with Crippen LogP contribution in [0, 0.1) is 6.92 Å². The first-order chi connectivity index (χ1) is 8.13. The van der Waals surface area contributed by atoms with E-state index in [2.05, 4.69) is 52.0 Å². The highest BCUT2D eigenvalue weighted by Gasteiger charge is 2.12. The van der Waals surface area contributed by atoms with Crippen LogP contribution in [-0.2, 0) is 6.42 Å². The third-order valence-electron chi connectivity index (χ3n) is 3.03. The predicted molar refractivity (Wildman–Crippen MR) is 75.8 cm³/mol. The summed E-state index contributed by atoms with van der Waals surface area (Å²) in [6.45, 7) is 8.77. The van der Waals surface area contributed by atoms with Crippen LogP contribution >= 0.6 is 11.3 Å². The molecule has 90 valence electrons. The molecule has 0 bridgehead atoms. The lowest BCUT2D eigenvalue weighted by atomic mass is 9.98. The highest BCUT2D eigenvalue weighted by Crippen LogP contribution is 2.33. The van der Waals surface area contributed by atoms with Crippen molar-refractivity contribution in [3.05, 3.63) is 40.4 Å². The zero-order valence-electron chi connectivity index (χ0n) is 10.9. The third-order valence-corrected chi connectivity index (χ3v) is 4.36. The Morgan fingerprint density at radius 2 is 1.94 bits per heavy atom. The van der Waals surface area contributed by atoms with Crippen LogP contribution in [0.4, 0.5) is 0 Å². The monoisotopic (exact) mass is 245 g/mol. The molecule has 0 saturated carbocycles. The molecule has 1 nitrogen and oxygen atoms in total. The molecule has 2 rings (SSSR count). The van der Waals surface area contributed by atoms with Crippen LogP contribution in [0.5, 0.6) is 0 Å². The van der Waals surface area contributed by atoms with Gasteiger partial charge in [0.05, 0.1) is 5.69 Å². The second-order valence-electron chi connectivity index (χ2n) is 4.62. The van der Waals surface area contributed by atoms with Crippen LogP contribution in [0.25, 0.3) is 10.6 Å². The van der Waals surface area contributed by atoms with Crippen LogP contribution < -0.4 is 0 Å². The summed E-state index contributed by atoms with van der Waals surface area (Å²) in [7, 11) is 0. The van der Waals surface area contributed by atoms with Crippen molar-refractivity contribution in [1.29, 1.82) is 0 Å². The summed E-state index contributed by atoms with van der Waals surface area (Å²) < 4.78 is 0. The molecule has 1 aromatic heterocycles. The quantitative estimate of drug-likeness (QED) is 0.756. The largest absolute Gasteiger partial charge is 0.241 e. The minimum atomic E-state index is 0.542. The van der Waals surface area contributed by atoms with E-state index in [9.17, 15) is 0 Å². The summed E-state index contributed by atoms with van der Waals surface area (Å²) in [5.41, 5.74) is 3.88. The van der Waals surface area contributed by atoms with E-state index in [0.29, 0.717) is 5.92 Å². The minimum absolute atomic E-state index is 0.542. The lowest BCUT2D eigenvalue weighted by molar-refractivity contribution is 0.868. The van der Waals surface area contributed by atoms with Crippen molar-refractivity contribution in [1.82, 2.24) is 4.98 Å². The smallest absolute Gasteiger partial charge is 0.124 e. The highest BCUT2D eigenvalue weighted by atomic mass is 32.1. The molecule has 0 radical (unpaired) electrons. The molecular formula is C15H19NS. The standard InChI is InChI=1S/C15H19NS/c1-5-14-11(4)16-15(17-14)13-9-7-6-8-12(13)10(2)3/h6-10H,5H2,1-4H3. The summed E-state index contributed by atoms with van der Waals surface area (Å²) in [5, 5.41) is 1.17. The van der Waals surface area contributed by atoms with Crippen LogP contribution in [-0.4, -0.2) is 4.98 Å². The van der Waals surface area contributed by atoms with Crippen molar-refractivity contribution in [2.75, 3.05) is 0 Å². The SMILES string of the molecule is CCc1sc(-c2ccccc2C(C)C)nc1C. The zero-order valence-corrected chi connectivity index (χ0v) is 11.8. The molecule has 0 atom stereocenters. The zero-order chi connectivity index (χ0) is 12.4. The Labute approximate surface area is 108 Å². The van der Waals surface area contributed by atoms with Crippen molar-refractivity contribution in [3.63, 3.8) is 0 Å². The van der Waals surface area contributed by atoms with Crippen LogP contribution in [0.3, 0.4) is 0 Å². The van der Waals surface area contributed by atoms with Gasteiger partial charge in [0.2, 0.25) is 0 Å². The molecule has 0 fully saturated rings. The van der Waals surface area contributed by atoms with Crippen molar-refractivity contribution in [2.24, 2.45) is 0 Å². The van der Waals surface area contributed by atoms with Gasteiger partial charge in [-0.15, -0.1) is 11.3 Å². The molecule has 0 aliphatic heterocycles. The first kappa shape index (κ1) is 12.3. The summed E-state index contributed by atoms with van der Waals surface area (Å²) in [6.07, 6.45) is 1.08. The Kier molecular flexibility index (Phi) is 3.63. The maximum atomic E-state index is 4.71. The van der Waals surface area contributed by atoms with E-state index in [-0.39, 0.29) is 0 Å². The molecule has 0 aliphatic rings. The Hall–Kier alpha value is -1.15. The average molecular weight is 245 g/mol. The van der Waals surface area contributed by atoms with Gasteiger partial charge >= 0.3 is 0 Å². The summed E-state index contributed by atoms with van der Waals surface area (Å²) >= 11 is 1.83. The number of hydrogen-bond donors (Lipinski definition) is 0. The van der Waals surface area contributed by atoms with Gasteiger partial charge in [0, 0.05) is 10.4 Å². The van der Waals surface area contributed by atoms with Gasteiger partial charge in [-0.05, 0) is 24.8 Å². The van der Waals surface area contributed by atoms with E-state index >= 15 is 0 Å². The topological polar surface area (TPSA) is 12.9 Å². The fourth-order valence-electron chi connectivity index (χ4n) is 2.07. The summed E-state index contributed by atoms with van der Waals surface area (Å²) in [6, 6.07) is 8.61. The second kappa shape index (κ2) is 5.01. The molecule has 0 spiro atoms. The molecule has 0 N–H and O–H groups in total. The van der Waals surface area contributed by atoms with Gasteiger partial charge in [0.25, 0.3) is 0 Å². The lowest BCUT2D eigenvalue weighted by Gasteiger charge is -2.09. The van der Waals surface area contributed by atoms with Gasteiger partial charge in [-0.2, -0.15) is 0 Å². The molecule has 0 saturated heterocycles. The highest BCUT2D eigenvalue weighted by molar-refractivity contribution is 7.15. The maximum Gasteiger partial charge on any atom is 0.124 e. The van der Waals surface area contributed by atoms with Crippen LogP contribution in [0.1, 0.15) is 42.8 Å². The first-order valence-electron chi connectivity index (χ1n) is 6.19. The van der Waals surface area contributed by atoms with E-state index < -0.39 is 0 Å². The number of aromatic nitrogens is 1. The number of benzene rings is 1. The molecule has 2 aromatic rings. The molecule has 17 heavy (non-hydrogen) atoms. The van der Waals surface area contributed by atoms with Gasteiger partial charge in [-0.25, -0.2) is 4.98 Å². The van der Waals surface area contributed by atoms with Gasteiger partial charge in [-0.3, -0.25) is 0 Å². The average Bonchev–Trinajstić information content (AvgIpc) is 2.70.